The van der Waals surface area contributed by atoms with Crippen LogP contribution in [-0.2, 0) is 4.79 Å². The lowest BCUT2D eigenvalue weighted by molar-refractivity contribution is -0.107. The van der Waals surface area contributed by atoms with Gasteiger partial charge in [0.15, 0.2) is 0 Å². The molecule has 0 aromatic heterocycles. The molecule has 0 radical (unpaired) electrons. The van der Waals surface area contributed by atoms with Crippen molar-refractivity contribution in [1.82, 2.24) is 0 Å². The highest BCUT2D eigenvalue weighted by Crippen LogP contribution is 1.78. The number of carbonyl (C=O) groups excluding carboxylic acids is 1. The maximum Gasteiger partial charge on any atom is 0.244 e. The van der Waals surface area contributed by atoms with Crippen LogP contribution in [-0.4, -0.2) is 11.8 Å². The van der Waals surface area contributed by atoms with Crippen molar-refractivity contribution < 1.29 is 4.79 Å². The fourth-order valence-electron chi connectivity index (χ4n) is 0.161. The topological polar surface area (TPSA) is 43.1 Å². The van der Waals surface area contributed by atoms with Crippen LogP contribution >= 0.6 is 24.0 Å². The first-order valence-corrected chi connectivity index (χ1v) is 2.21. The highest BCUT2D eigenvalue weighted by Gasteiger charge is 1.79. The summed E-state index contributed by atoms with van der Waals surface area (Å²) in [6, 6.07) is 0. The van der Waals surface area contributed by atoms with Crippen molar-refractivity contribution in [1.29, 1.82) is 0 Å². The average Bonchev–Trinajstić information content (AvgIpc) is 1.61. The Morgan fingerprint density at radius 2 is 2.25 bits per heavy atom. The predicted octanol–water partition coefficient (Wildman–Crippen LogP) is 0.689. The van der Waals surface area contributed by atoms with Crippen molar-refractivity contribution in [3.8, 4) is 0 Å². The fourth-order valence-corrected chi connectivity index (χ4v) is 0.250. The Labute approximate surface area is 59.1 Å². The first-order valence-electron chi connectivity index (χ1n) is 1.83. The van der Waals surface area contributed by atoms with Crippen LogP contribution in [0.2, 0.25) is 0 Å². The number of allylic oxidation sites excluding steroid dienone is 1. The molecule has 0 saturated heterocycles. The van der Waals surface area contributed by atoms with E-state index < -0.39 is 5.24 Å². The second kappa shape index (κ2) is 6.95. The van der Waals surface area contributed by atoms with E-state index in [9.17, 15) is 4.79 Å². The van der Waals surface area contributed by atoms with Crippen LogP contribution in [0, 0.1) is 0 Å². The van der Waals surface area contributed by atoms with Crippen molar-refractivity contribution in [3.63, 3.8) is 0 Å². The van der Waals surface area contributed by atoms with E-state index in [-0.39, 0.29) is 12.4 Å². The van der Waals surface area contributed by atoms with E-state index >= 15 is 0 Å². The van der Waals surface area contributed by atoms with Crippen LogP contribution < -0.4 is 5.73 Å². The molecule has 2 N–H and O–H groups in total. The Bertz CT molecular complexity index is 92.0. The molecule has 0 aliphatic heterocycles. The van der Waals surface area contributed by atoms with Gasteiger partial charge in [-0.1, -0.05) is 6.08 Å². The summed E-state index contributed by atoms with van der Waals surface area (Å²) in [5.41, 5.74) is 4.98. The molecule has 0 spiro atoms. The second-order valence-corrected chi connectivity index (χ2v) is 1.31. The van der Waals surface area contributed by atoms with Crippen molar-refractivity contribution in [2.45, 2.75) is 0 Å². The van der Waals surface area contributed by atoms with Gasteiger partial charge in [-0.2, -0.15) is 0 Å². The molecule has 0 heterocycles. The summed E-state index contributed by atoms with van der Waals surface area (Å²) in [6.45, 7) is 0.360. The van der Waals surface area contributed by atoms with Gasteiger partial charge in [0.25, 0.3) is 0 Å². The van der Waals surface area contributed by atoms with Crippen molar-refractivity contribution in [2.24, 2.45) is 5.73 Å². The molecule has 4 heteroatoms. The third kappa shape index (κ3) is 9.34. The first kappa shape index (κ1) is 10.8. The minimum atomic E-state index is -0.481. The monoisotopic (exact) mass is 155 g/mol. The summed E-state index contributed by atoms with van der Waals surface area (Å²) in [5, 5.41) is -0.481. The average molecular weight is 156 g/mol. The van der Waals surface area contributed by atoms with Gasteiger partial charge in [-0.05, 0) is 17.7 Å². The van der Waals surface area contributed by atoms with E-state index in [4.69, 9.17) is 17.3 Å². The number of nitrogens with two attached hydrogens (primary N) is 1. The highest BCUT2D eigenvalue weighted by molar-refractivity contribution is 6.66. The molecule has 0 bridgehead atoms. The summed E-state index contributed by atoms with van der Waals surface area (Å²) in [5.74, 6) is 0. The number of hydrogen-bond acceptors (Lipinski definition) is 2. The zero-order valence-electron chi connectivity index (χ0n) is 4.13. The summed E-state index contributed by atoms with van der Waals surface area (Å²) in [7, 11) is 0. The molecule has 0 atom stereocenters. The Kier molecular flexibility index (Phi) is 9.42. The minimum absolute atomic E-state index is 0. The lowest BCUT2D eigenvalue weighted by Gasteiger charge is -1.72. The van der Waals surface area contributed by atoms with E-state index in [0.717, 1.165) is 0 Å². The van der Waals surface area contributed by atoms with E-state index in [1.807, 2.05) is 0 Å². The maximum absolute atomic E-state index is 9.83. The van der Waals surface area contributed by atoms with Crippen LogP contribution in [0.15, 0.2) is 12.2 Å². The van der Waals surface area contributed by atoms with Crippen LogP contribution in [0.3, 0.4) is 0 Å². The largest absolute Gasteiger partial charge is 0.327 e. The van der Waals surface area contributed by atoms with E-state index in [2.05, 4.69) is 0 Å². The molecule has 0 fully saturated rings. The second-order valence-electron chi connectivity index (χ2n) is 0.942. The number of carbonyl (C=O) groups is 1. The Hall–Kier alpha value is -0.0500. The molecule has 0 aliphatic rings. The molecule has 2 nitrogen and oxygen atoms in total. The lowest BCUT2D eigenvalue weighted by atomic mass is 10.5. The minimum Gasteiger partial charge on any atom is -0.327 e. The Morgan fingerprint density at radius 1 is 1.75 bits per heavy atom. The number of hydrogen-bond donors (Lipinski definition) is 1. The molecule has 0 aliphatic carbocycles. The van der Waals surface area contributed by atoms with Gasteiger partial charge in [0.1, 0.15) is 0 Å². The predicted molar refractivity (Wildman–Crippen MR) is 36.3 cm³/mol. The molecule has 0 aromatic carbocycles. The van der Waals surface area contributed by atoms with Crippen molar-refractivity contribution in [2.75, 3.05) is 6.54 Å². The molecule has 0 rings (SSSR count). The molecule has 0 amide bonds. The third-order valence-electron chi connectivity index (χ3n) is 0.385. The van der Waals surface area contributed by atoms with Crippen molar-refractivity contribution in [3.05, 3.63) is 12.2 Å². The Balaban J connectivity index is 0. The first-order chi connectivity index (χ1) is 3.27. The lowest BCUT2D eigenvalue weighted by Crippen LogP contribution is -1.93. The summed E-state index contributed by atoms with van der Waals surface area (Å²) < 4.78 is 0. The summed E-state index contributed by atoms with van der Waals surface area (Å²) >= 11 is 4.88. The molecule has 48 valence electrons. The van der Waals surface area contributed by atoms with Gasteiger partial charge in [-0.25, -0.2) is 0 Å². The van der Waals surface area contributed by atoms with Gasteiger partial charge in [0, 0.05) is 6.54 Å². The van der Waals surface area contributed by atoms with E-state index in [1.165, 1.54) is 12.2 Å². The summed E-state index contributed by atoms with van der Waals surface area (Å²) in [6.07, 6.45) is 2.72. The fraction of sp³-hybridized carbons (Fsp3) is 0.250. The third-order valence-corrected chi connectivity index (χ3v) is 0.511. The highest BCUT2D eigenvalue weighted by atomic mass is 35.5. The van der Waals surface area contributed by atoms with Gasteiger partial charge < -0.3 is 5.73 Å². The van der Waals surface area contributed by atoms with Crippen LogP contribution in [0.1, 0.15) is 0 Å². The van der Waals surface area contributed by atoms with Crippen LogP contribution in [0.4, 0.5) is 0 Å². The number of rotatable bonds is 2. The van der Waals surface area contributed by atoms with Crippen LogP contribution in [0.25, 0.3) is 0 Å². The maximum atomic E-state index is 9.83. The normalized spacial score (nSPS) is 8.75. The smallest absolute Gasteiger partial charge is 0.244 e. The number of halogens is 2. The molecular formula is C4H7Cl2NO. The molecule has 0 saturated carbocycles. The summed E-state index contributed by atoms with van der Waals surface area (Å²) in [4.78, 5) is 9.83. The van der Waals surface area contributed by atoms with E-state index in [1.54, 1.807) is 0 Å². The molecule has 8 heavy (non-hydrogen) atoms. The standard InChI is InChI=1S/C4H6ClNO.ClH/c5-4(7)2-1-3-6;/h1-2H,3,6H2;1H. The molecular weight excluding hydrogens is 149 g/mol. The zero-order valence-corrected chi connectivity index (χ0v) is 5.71. The SMILES string of the molecule is Cl.NCC=CC(=O)Cl. The van der Waals surface area contributed by atoms with Gasteiger partial charge >= 0.3 is 0 Å². The van der Waals surface area contributed by atoms with E-state index in [0.29, 0.717) is 6.54 Å². The Morgan fingerprint density at radius 3 is 2.38 bits per heavy atom. The van der Waals surface area contributed by atoms with Gasteiger partial charge in [0.05, 0.1) is 0 Å². The van der Waals surface area contributed by atoms with Gasteiger partial charge in [-0.15, -0.1) is 12.4 Å². The molecule has 0 aromatic rings. The van der Waals surface area contributed by atoms with Gasteiger partial charge in [-0.3, -0.25) is 4.79 Å². The van der Waals surface area contributed by atoms with Crippen LogP contribution in [0.5, 0.6) is 0 Å². The quantitative estimate of drug-likeness (QED) is 0.472. The van der Waals surface area contributed by atoms with Crippen molar-refractivity contribution >= 4 is 29.3 Å². The van der Waals surface area contributed by atoms with Gasteiger partial charge in [0.2, 0.25) is 5.24 Å². The molecule has 0 unspecified atom stereocenters. The zero-order chi connectivity index (χ0) is 5.70.